The lowest BCUT2D eigenvalue weighted by Crippen LogP contribution is -2.20. The summed E-state index contributed by atoms with van der Waals surface area (Å²) in [5.41, 5.74) is -0.0665. The third kappa shape index (κ3) is 4.56. The molecule has 0 saturated carbocycles. The van der Waals surface area contributed by atoms with E-state index in [4.69, 9.17) is 9.47 Å². The zero-order chi connectivity index (χ0) is 13.7. The summed E-state index contributed by atoms with van der Waals surface area (Å²) in [6.07, 6.45) is 0.907. The Bertz CT molecular complexity index is 526. The van der Waals surface area contributed by atoms with Crippen molar-refractivity contribution in [2.75, 3.05) is 13.2 Å². The van der Waals surface area contributed by atoms with Crippen molar-refractivity contribution >= 4 is 10.8 Å². The third-order valence-electron chi connectivity index (χ3n) is 2.81. The summed E-state index contributed by atoms with van der Waals surface area (Å²) in [4.78, 5) is 0. The highest BCUT2D eigenvalue weighted by molar-refractivity contribution is 5.83. The molecule has 0 unspecified atom stereocenters. The smallest absolute Gasteiger partial charge is 0.119 e. The van der Waals surface area contributed by atoms with E-state index in [1.165, 1.54) is 10.8 Å². The predicted molar refractivity (Wildman–Crippen MR) is 79.8 cm³/mol. The monoisotopic (exact) mass is 258 g/mol. The van der Waals surface area contributed by atoms with Crippen molar-refractivity contribution in [3.05, 3.63) is 42.5 Å². The Morgan fingerprint density at radius 1 is 0.895 bits per heavy atom. The molecule has 2 nitrogen and oxygen atoms in total. The molecule has 0 amide bonds. The fraction of sp³-hybridized carbons (Fsp3) is 0.412. The SMILES string of the molecule is CC(C)(C)OCCCOc1ccc2ccccc2c1. The lowest BCUT2D eigenvalue weighted by atomic mass is 10.1. The molecular formula is C17H22O2. The Balaban J connectivity index is 1.82. The fourth-order valence-corrected chi connectivity index (χ4v) is 1.88. The van der Waals surface area contributed by atoms with E-state index in [1.807, 2.05) is 18.2 Å². The normalized spacial score (nSPS) is 11.7. The van der Waals surface area contributed by atoms with Crippen molar-refractivity contribution in [1.82, 2.24) is 0 Å². The highest BCUT2D eigenvalue weighted by atomic mass is 16.5. The summed E-state index contributed by atoms with van der Waals surface area (Å²) in [5, 5.41) is 2.46. The minimum atomic E-state index is -0.0665. The van der Waals surface area contributed by atoms with Crippen LogP contribution in [-0.4, -0.2) is 18.8 Å². The molecule has 2 aromatic carbocycles. The summed E-state index contributed by atoms with van der Waals surface area (Å²) >= 11 is 0. The van der Waals surface area contributed by atoms with Crippen molar-refractivity contribution in [1.29, 1.82) is 0 Å². The van der Waals surface area contributed by atoms with Crippen molar-refractivity contribution in [2.45, 2.75) is 32.8 Å². The van der Waals surface area contributed by atoms with Crippen LogP contribution < -0.4 is 4.74 Å². The molecule has 0 spiro atoms. The topological polar surface area (TPSA) is 18.5 Å². The van der Waals surface area contributed by atoms with Gasteiger partial charge in [-0.2, -0.15) is 0 Å². The van der Waals surface area contributed by atoms with Gasteiger partial charge in [-0.25, -0.2) is 0 Å². The van der Waals surface area contributed by atoms with Gasteiger partial charge in [0.05, 0.1) is 18.8 Å². The summed E-state index contributed by atoms with van der Waals surface area (Å²) < 4.78 is 11.4. The second-order valence-corrected chi connectivity index (χ2v) is 5.67. The highest BCUT2D eigenvalue weighted by Crippen LogP contribution is 2.20. The van der Waals surface area contributed by atoms with Crippen molar-refractivity contribution in [2.24, 2.45) is 0 Å². The van der Waals surface area contributed by atoms with Gasteiger partial charge < -0.3 is 9.47 Å². The van der Waals surface area contributed by atoms with Gasteiger partial charge in [0, 0.05) is 6.42 Å². The number of benzene rings is 2. The van der Waals surface area contributed by atoms with Crippen LogP contribution in [-0.2, 0) is 4.74 Å². The quantitative estimate of drug-likeness (QED) is 0.739. The minimum Gasteiger partial charge on any atom is -0.493 e. The van der Waals surface area contributed by atoms with Crippen molar-refractivity contribution in [3.8, 4) is 5.75 Å². The fourth-order valence-electron chi connectivity index (χ4n) is 1.88. The average molecular weight is 258 g/mol. The van der Waals surface area contributed by atoms with Gasteiger partial charge in [0.25, 0.3) is 0 Å². The van der Waals surface area contributed by atoms with Crippen LogP contribution in [0.15, 0.2) is 42.5 Å². The lowest BCUT2D eigenvalue weighted by molar-refractivity contribution is -0.00768. The molecule has 0 saturated heterocycles. The molecular weight excluding hydrogens is 236 g/mol. The molecule has 0 atom stereocenters. The van der Waals surface area contributed by atoms with Crippen LogP contribution in [0.5, 0.6) is 5.75 Å². The summed E-state index contributed by atoms with van der Waals surface area (Å²) in [6, 6.07) is 14.5. The number of rotatable bonds is 5. The van der Waals surface area contributed by atoms with Crippen LogP contribution in [0.1, 0.15) is 27.2 Å². The Kier molecular flexibility index (Phi) is 4.43. The maximum atomic E-state index is 5.75. The zero-order valence-electron chi connectivity index (χ0n) is 12.0. The number of hydrogen-bond donors (Lipinski definition) is 0. The van der Waals surface area contributed by atoms with Crippen LogP contribution in [0.3, 0.4) is 0 Å². The first kappa shape index (κ1) is 13.9. The zero-order valence-corrected chi connectivity index (χ0v) is 12.0. The first-order valence-electron chi connectivity index (χ1n) is 6.80. The molecule has 0 N–H and O–H groups in total. The van der Waals surface area contributed by atoms with Gasteiger partial charge >= 0.3 is 0 Å². The van der Waals surface area contributed by atoms with Gasteiger partial charge in [0.15, 0.2) is 0 Å². The molecule has 0 heterocycles. The molecule has 2 rings (SSSR count). The Morgan fingerprint density at radius 3 is 2.37 bits per heavy atom. The summed E-state index contributed by atoms with van der Waals surface area (Å²) in [7, 11) is 0. The molecule has 0 bridgehead atoms. The van der Waals surface area contributed by atoms with E-state index in [-0.39, 0.29) is 5.60 Å². The summed E-state index contributed by atoms with van der Waals surface area (Å²) in [5.74, 6) is 0.925. The summed E-state index contributed by atoms with van der Waals surface area (Å²) in [6.45, 7) is 7.62. The largest absolute Gasteiger partial charge is 0.493 e. The van der Waals surface area contributed by atoms with E-state index < -0.39 is 0 Å². The number of ether oxygens (including phenoxy) is 2. The molecule has 102 valence electrons. The van der Waals surface area contributed by atoms with Crippen molar-refractivity contribution < 1.29 is 9.47 Å². The highest BCUT2D eigenvalue weighted by Gasteiger charge is 2.08. The molecule has 0 aliphatic rings. The molecule has 0 radical (unpaired) electrons. The van der Waals surface area contributed by atoms with Crippen LogP contribution in [0, 0.1) is 0 Å². The maximum absolute atomic E-state index is 5.75. The Hall–Kier alpha value is -1.54. The van der Waals surface area contributed by atoms with Crippen LogP contribution >= 0.6 is 0 Å². The van der Waals surface area contributed by atoms with Gasteiger partial charge in [0.1, 0.15) is 5.75 Å². The lowest BCUT2D eigenvalue weighted by Gasteiger charge is -2.19. The van der Waals surface area contributed by atoms with Crippen LogP contribution in [0.4, 0.5) is 0 Å². The minimum absolute atomic E-state index is 0.0665. The molecule has 2 heteroatoms. The second-order valence-electron chi connectivity index (χ2n) is 5.67. The van der Waals surface area contributed by atoms with Crippen molar-refractivity contribution in [3.63, 3.8) is 0 Å². The molecule has 0 aliphatic carbocycles. The van der Waals surface area contributed by atoms with Crippen LogP contribution in [0.2, 0.25) is 0 Å². The van der Waals surface area contributed by atoms with Gasteiger partial charge in [-0.15, -0.1) is 0 Å². The van der Waals surface area contributed by atoms with E-state index in [9.17, 15) is 0 Å². The third-order valence-corrected chi connectivity index (χ3v) is 2.81. The van der Waals surface area contributed by atoms with Gasteiger partial charge in [-0.05, 0) is 43.7 Å². The second kappa shape index (κ2) is 6.07. The molecule has 0 aromatic heterocycles. The van der Waals surface area contributed by atoms with E-state index in [1.54, 1.807) is 0 Å². The Labute approximate surface area is 115 Å². The van der Waals surface area contributed by atoms with E-state index in [0.29, 0.717) is 6.61 Å². The number of hydrogen-bond acceptors (Lipinski definition) is 2. The molecule has 0 fully saturated rings. The van der Waals surface area contributed by atoms with Gasteiger partial charge in [-0.1, -0.05) is 30.3 Å². The molecule has 19 heavy (non-hydrogen) atoms. The number of fused-ring (bicyclic) bond motifs is 1. The predicted octanol–water partition coefficient (Wildman–Crippen LogP) is 4.42. The van der Waals surface area contributed by atoms with Gasteiger partial charge in [0.2, 0.25) is 0 Å². The van der Waals surface area contributed by atoms with E-state index in [2.05, 4.69) is 45.0 Å². The van der Waals surface area contributed by atoms with Gasteiger partial charge in [-0.3, -0.25) is 0 Å². The van der Waals surface area contributed by atoms with Crippen LogP contribution in [0.25, 0.3) is 10.8 Å². The first-order valence-corrected chi connectivity index (χ1v) is 6.80. The Morgan fingerprint density at radius 2 is 1.63 bits per heavy atom. The molecule has 0 aliphatic heterocycles. The average Bonchev–Trinajstić information content (AvgIpc) is 2.37. The molecule has 2 aromatic rings. The first-order chi connectivity index (χ1) is 9.04. The van der Waals surface area contributed by atoms with E-state index in [0.717, 1.165) is 18.8 Å². The van der Waals surface area contributed by atoms with E-state index >= 15 is 0 Å². The maximum Gasteiger partial charge on any atom is 0.119 e. The standard InChI is InChI=1S/C17H22O2/c1-17(2,3)19-12-6-11-18-16-10-9-14-7-4-5-8-15(14)13-16/h4-5,7-10,13H,6,11-12H2,1-3H3.